The van der Waals surface area contributed by atoms with E-state index >= 15 is 0 Å². The minimum Gasteiger partial charge on any atom is -0.354 e. The van der Waals surface area contributed by atoms with Gasteiger partial charge in [-0.3, -0.25) is 0 Å². The van der Waals surface area contributed by atoms with E-state index in [1.807, 2.05) is 24.3 Å². The van der Waals surface area contributed by atoms with Crippen LogP contribution in [0.2, 0.25) is 5.02 Å². The third kappa shape index (κ3) is 1.98. The molecule has 0 saturated heterocycles. The van der Waals surface area contributed by atoms with Crippen LogP contribution in [0.1, 0.15) is 0 Å². The molecular formula is C18H11BrClN. The van der Waals surface area contributed by atoms with E-state index in [0.29, 0.717) is 0 Å². The van der Waals surface area contributed by atoms with Crippen molar-refractivity contribution in [1.29, 1.82) is 0 Å². The fraction of sp³-hybridized carbons (Fsp3) is 0. The number of hydrogen-bond acceptors (Lipinski definition) is 1. The third-order valence-electron chi connectivity index (χ3n) is 3.78. The molecule has 0 amide bonds. The zero-order valence-corrected chi connectivity index (χ0v) is 13.4. The van der Waals surface area contributed by atoms with Crippen LogP contribution in [0.5, 0.6) is 0 Å². The molecule has 21 heavy (non-hydrogen) atoms. The van der Waals surface area contributed by atoms with Crippen molar-refractivity contribution in [1.82, 2.24) is 0 Å². The molecule has 1 N–H and O–H groups in total. The Morgan fingerprint density at radius 2 is 1.43 bits per heavy atom. The van der Waals surface area contributed by atoms with E-state index in [2.05, 4.69) is 57.6 Å². The smallest absolute Gasteiger partial charge is 0.0623 e. The Morgan fingerprint density at radius 3 is 2.24 bits per heavy atom. The average molecular weight is 357 g/mol. The van der Waals surface area contributed by atoms with Gasteiger partial charge in [0.1, 0.15) is 0 Å². The van der Waals surface area contributed by atoms with Crippen molar-refractivity contribution in [2.24, 2.45) is 0 Å². The fourth-order valence-electron chi connectivity index (χ4n) is 2.83. The summed E-state index contributed by atoms with van der Waals surface area (Å²) in [6.45, 7) is 0. The predicted molar refractivity (Wildman–Crippen MR) is 93.3 cm³/mol. The first-order valence-electron chi connectivity index (χ1n) is 6.69. The molecule has 0 atom stereocenters. The second-order valence-corrected chi connectivity index (χ2v) is 6.26. The van der Waals surface area contributed by atoms with Crippen molar-refractivity contribution in [2.75, 3.05) is 5.32 Å². The van der Waals surface area contributed by atoms with E-state index in [1.54, 1.807) is 0 Å². The van der Waals surface area contributed by atoms with Crippen molar-refractivity contribution in [3.8, 4) is 22.3 Å². The first kappa shape index (κ1) is 12.9. The number of anilines is 2. The summed E-state index contributed by atoms with van der Waals surface area (Å²) in [6.07, 6.45) is 0. The Morgan fingerprint density at radius 1 is 0.762 bits per heavy atom. The summed E-state index contributed by atoms with van der Waals surface area (Å²) < 4.78 is 1.01. The maximum Gasteiger partial charge on any atom is 0.0623 e. The van der Waals surface area contributed by atoms with Crippen LogP contribution in [0.3, 0.4) is 0 Å². The molecule has 1 heterocycles. The third-order valence-corrected chi connectivity index (χ3v) is 4.75. The van der Waals surface area contributed by atoms with E-state index in [0.717, 1.165) is 32.0 Å². The van der Waals surface area contributed by atoms with Gasteiger partial charge in [0, 0.05) is 21.3 Å². The number of nitrogens with one attached hydrogen (secondary N) is 1. The van der Waals surface area contributed by atoms with Gasteiger partial charge in [-0.25, -0.2) is 0 Å². The number of benzene rings is 3. The molecule has 1 nitrogen and oxygen atoms in total. The van der Waals surface area contributed by atoms with Gasteiger partial charge in [0.15, 0.2) is 0 Å². The summed E-state index contributed by atoms with van der Waals surface area (Å²) in [5.74, 6) is 0. The highest BCUT2D eigenvalue weighted by molar-refractivity contribution is 9.10. The first-order chi connectivity index (χ1) is 10.3. The van der Waals surface area contributed by atoms with Gasteiger partial charge in [-0.2, -0.15) is 0 Å². The zero-order chi connectivity index (χ0) is 14.4. The van der Waals surface area contributed by atoms with Crippen molar-refractivity contribution in [2.45, 2.75) is 0 Å². The van der Waals surface area contributed by atoms with Crippen molar-refractivity contribution in [3.05, 3.63) is 70.2 Å². The number of fused-ring (bicyclic) bond motifs is 5. The Bertz CT molecular complexity index is 858. The molecule has 0 bridgehead atoms. The molecule has 3 aromatic carbocycles. The summed E-state index contributed by atoms with van der Waals surface area (Å²) in [5, 5.41) is 4.28. The molecule has 0 aliphatic carbocycles. The molecule has 0 radical (unpaired) electrons. The highest BCUT2D eigenvalue weighted by Crippen LogP contribution is 2.49. The zero-order valence-electron chi connectivity index (χ0n) is 11.0. The summed E-state index contributed by atoms with van der Waals surface area (Å²) in [7, 11) is 0. The van der Waals surface area contributed by atoms with E-state index in [9.17, 15) is 0 Å². The van der Waals surface area contributed by atoms with Crippen molar-refractivity contribution < 1.29 is 0 Å². The summed E-state index contributed by atoms with van der Waals surface area (Å²) in [6, 6.07) is 20.6. The topological polar surface area (TPSA) is 12.0 Å². The lowest BCUT2D eigenvalue weighted by molar-refractivity contribution is 1.54. The highest BCUT2D eigenvalue weighted by atomic mass is 79.9. The van der Waals surface area contributed by atoms with E-state index in [1.165, 1.54) is 11.1 Å². The van der Waals surface area contributed by atoms with Crippen LogP contribution < -0.4 is 5.32 Å². The molecule has 1 aliphatic rings. The standard InChI is InChI=1S/C18H11BrClN/c19-14-9-10-15(20)17-13-7-2-1-5-11(13)12-6-3-4-8-16(12)21-18(14)17/h1-10,21H. The molecule has 1 aliphatic heterocycles. The minimum absolute atomic E-state index is 0.751. The second kappa shape index (κ2) is 4.90. The molecule has 0 spiro atoms. The Kier molecular flexibility index (Phi) is 3.02. The molecule has 3 heteroatoms. The molecule has 0 unspecified atom stereocenters. The van der Waals surface area contributed by atoms with Crippen molar-refractivity contribution >= 4 is 38.9 Å². The van der Waals surface area contributed by atoms with Crippen molar-refractivity contribution in [3.63, 3.8) is 0 Å². The predicted octanol–water partition coefficient (Wildman–Crippen LogP) is 6.49. The van der Waals surface area contributed by atoms with Crippen LogP contribution in [-0.4, -0.2) is 0 Å². The van der Waals surface area contributed by atoms with Gasteiger partial charge in [0.25, 0.3) is 0 Å². The molecule has 102 valence electrons. The average Bonchev–Trinajstić information content (AvgIpc) is 2.66. The maximum absolute atomic E-state index is 6.50. The monoisotopic (exact) mass is 355 g/mol. The fourth-order valence-corrected chi connectivity index (χ4v) is 3.52. The van der Waals surface area contributed by atoms with Crippen LogP contribution in [0.4, 0.5) is 11.4 Å². The van der Waals surface area contributed by atoms with E-state index < -0.39 is 0 Å². The normalized spacial score (nSPS) is 11.7. The summed E-state index contributed by atoms with van der Waals surface area (Å²) in [4.78, 5) is 0. The molecule has 0 fully saturated rings. The second-order valence-electron chi connectivity index (χ2n) is 5.00. The Balaban J connectivity index is 2.17. The Labute approximate surface area is 136 Å². The van der Waals surface area contributed by atoms with Crippen LogP contribution in [-0.2, 0) is 0 Å². The highest BCUT2D eigenvalue weighted by Gasteiger charge is 2.21. The summed E-state index contributed by atoms with van der Waals surface area (Å²) in [5.41, 5.74) is 6.67. The lowest BCUT2D eigenvalue weighted by Gasteiger charge is -2.13. The number of halogens is 2. The molecule has 4 rings (SSSR count). The molecular weight excluding hydrogens is 346 g/mol. The van der Waals surface area contributed by atoms with Crippen LogP contribution in [0, 0.1) is 0 Å². The van der Waals surface area contributed by atoms with Crippen LogP contribution in [0.15, 0.2) is 65.1 Å². The van der Waals surface area contributed by atoms with E-state index in [-0.39, 0.29) is 0 Å². The number of para-hydroxylation sites is 1. The largest absolute Gasteiger partial charge is 0.354 e. The number of rotatable bonds is 0. The maximum atomic E-state index is 6.50. The quantitative estimate of drug-likeness (QED) is 0.379. The van der Waals surface area contributed by atoms with Gasteiger partial charge in [-0.05, 0) is 45.3 Å². The first-order valence-corrected chi connectivity index (χ1v) is 7.86. The van der Waals surface area contributed by atoms with Gasteiger partial charge in [-0.1, -0.05) is 54.1 Å². The molecule has 3 aromatic rings. The van der Waals surface area contributed by atoms with Gasteiger partial charge in [-0.15, -0.1) is 0 Å². The van der Waals surface area contributed by atoms with Gasteiger partial charge in [0.05, 0.1) is 10.7 Å². The van der Waals surface area contributed by atoms with Gasteiger partial charge >= 0.3 is 0 Å². The van der Waals surface area contributed by atoms with Crippen LogP contribution >= 0.6 is 27.5 Å². The Hall–Kier alpha value is -1.77. The number of hydrogen-bond donors (Lipinski definition) is 1. The van der Waals surface area contributed by atoms with Crippen LogP contribution in [0.25, 0.3) is 22.3 Å². The molecule has 0 saturated carbocycles. The SMILES string of the molecule is Clc1ccc(Br)c2c1-c1ccccc1-c1ccccc1N2. The lowest BCUT2D eigenvalue weighted by atomic mass is 9.95. The van der Waals surface area contributed by atoms with E-state index in [4.69, 9.17) is 11.6 Å². The summed E-state index contributed by atoms with van der Waals surface area (Å²) >= 11 is 10.1. The minimum atomic E-state index is 0.751. The van der Waals surface area contributed by atoms with Gasteiger partial charge < -0.3 is 5.32 Å². The lowest BCUT2D eigenvalue weighted by Crippen LogP contribution is -1.93. The molecule has 0 aromatic heterocycles. The van der Waals surface area contributed by atoms with Gasteiger partial charge in [0.2, 0.25) is 0 Å².